The standard InChI is InChI=1S/C22H25Cl2N3O4/c1-13(20(29)25-2)27(12-14-7-8-15(23)11-18(14)24)19(28)9-10-26-21(30)16-5-3-4-6-17(16)22(26)31/h3-4,7-8,11,13,16-17H,5-6,9-10,12H2,1-2H3,(H,25,29)/t13?,16-,17+. The highest BCUT2D eigenvalue weighted by Crippen LogP contribution is 2.35. The molecule has 1 unspecified atom stereocenters. The molecule has 1 heterocycles. The molecule has 9 heteroatoms. The Morgan fingerprint density at radius 2 is 1.77 bits per heavy atom. The summed E-state index contributed by atoms with van der Waals surface area (Å²) in [6.45, 7) is 1.71. The number of nitrogens with one attached hydrogen (secondary N) is 1. The molecule has 1 fully saturated rings. The number of rotatable bonds is 7. The van der Waals surface area contributed by atoms with E-state index in [1.165, 1.54) is 16.8 Å². The van der Waals surface area contributed by atoms with E-state index in [9.17, 15) is 19.2 Å². The van der Waals surface area contributed by atoms with Crippen molar-refractivity contribution in [3.8, 4) is 0 Å². The van der Waals surface area contributed by atoms with Gasteiger partial charge in [-0.25, -0.2) is 0 Å². The molecule has 1 aromatic rings. The maximum Gasteiger partial charge on any atom is 0.242 e. The Hall–Kier alpha value is -2.38. The molecule has 0 radical (unpaired) electrons. The third kappa shape index (κ3) is 4.93. The summed E-state index contributed by atoms with van der Waals surface area (Å²) < 4.78 is 0. The first kappa shape index (κ1) is 23.3. The normalized spacial score (nSPS) is 21.1. The Morgan fingerprint density at radius 1 is 1.16 bits per heavy atom. The second kappa shape index (κ2) is 9.83. The van der Waals surface area contributed by atoms with Crippen LogP contribution < -0.4 is 5.32 Å². The van der Waals surface area contributed by atoms with Gasteiger partial charge in [0.2, 0.25) is 23.6 Å². The second-order valence-electron chi connectivity index (χ2n) is 7.78. The summed E-state index contributed by atoms with van der Waals surface area (Å²) in [6.07, 6.45) is 4.87. The first-order valence-electron chi connectivity index (χ1n) is 10.2. The van der Waals surface area contributed by atoms with Crippen molar-refractivity contribution < 1.29 is 19.2 Å². The van der Waals surface area contributed by atoms with Gasteiger partial charge in [-0.3, -0.25) is 24.1 Å². The number of halogens is 2. The predicted octanol–water partition coefficient (Wildman–Crippen LogP) is 2.80. The molecule has 0 bridgehead atoms. The molecule has 4 amide bonds. The number of imide groups is 1. The lowest BCUT2D eigenvalue weighted by atomic mass is 9.85. The Kier molecular flexibility index (Phi) is 7.38. The van der Waals surface area contributed by atoms with Gasteiger partial charge in [0.25, 0.3) is 0 Å². The smallest absolute Gasteiger partial charge is 0.242 e. The summed E-state index contributed by atoms with van der Waals surface area (Å²) in [5.41, 5.74) is 0.639. The molecule has 1 aromatic carbocycles. The number of carbonyl (C=O) groups is 4. The van der Waals surface area contributed by atoms with Gasteiger partial charge in [-0.05, 0) is 37.5 Å². The number of allylic oxidation sites excluding steroid dienone is 2. The van der Waals surface area contributed by atoms with Crippen LogP contribution in [0.4, 0.5) is 0 Å². The predicted molar refractivity (Wildman–Crippen MR) is 117 cm³/mol. The van der Waals surface area contributed by atoms with E-state index >= 15 is 0 Å². The summed E-state index contributed by atoms with van der Waals surface area (Å²) in [7, 11) is 1.49. The van der Waals surface area contributed by atoms with E-state index in [4.69, 9.17) is 23.2 Å². The molecule has 3 rings (SSSR count). The van der Waals surface area contributed by atoms with Crippen LogP contribution in [0.5, 0.6) is 0 Å². The molecule has 1 N–H and O–H groups in total. The summed E-state index contributed by atoms with van der Waals surface area (Å²) in [5.74, 6) is -1.79. The highest BCUT2D eigenvalue weighted by atomic mass is 35.5. The van der Waals surface area contributed by atoms with Crippen molar-refractivity contribution in [3.63, 3.8) is 0 Å². The second-order valence-corrected chi connectivity index (χ2v) is 8.63. The van der Waals surface area contributed by atoms with Crippen molar-refractivity contribution >= 4 is 46.8 Å². The SMILES string of the molecule is CNC(=O)C(C)N(Cc1ccc(Cl)cc1Cl)C(=O)CCN1C(=O)[C@H]2CC=CC[C@H]2C1=O. The minimum Gasteiger partial charge on any atom is -0.357 e. The molecule has 1 saturated heterocycles. The molecule has 7 nitrogen and oxygen atoms in total. The quantitative estimate of drug-likeness (QED) is 0.495. The third-order valence-corrected chi connectivity index (χ3v) is 6.50. The Balaban J connectivity index is 1.73. The van der Waals surface area contributed by atoms with Crippen molar-refractivity contribution in [3.05, 3.63) is 46.0 Å². The Morgan fingerprint density at radius 3 is 2.32 bits per heavy atom. The molecule has 0 saturated carbocycles. The van der Waals surface area contributed by atoms with Gasteiger partial charge in [0.05, 0.1) is 11.8 Å². The van der Waals surface area contributed by atoms with Gasteiger partial charge >= 0.3 is 0 Å². The first-order chi connectivity index (χ1) is 14.7. The van der Waals surface area contributed by atoms with E-state index in [1.54, 1.807) is 25.1 Å². The molecule has 3 atom stereocenters. The van der Waals surface area contributed by atoms with Crippen molar-refractivity contribution in [2.24, 2.45) is 11.8 Å². The summed E-state index contributed by atoms with van der Waals surface area (Å²) in [6, 6.07) is 4.17. The van der Waals surface area contributed by atoms with E-state index in [1.807, 2.05) is 12.2 Å². The van der Waals surface area contributed by atoms with Crippen LogP contribution >= 0.6 is 23.2 Å². The molecule has 166 valence electrons. The first-order valence-corrected chi connectivity index (χ1v) is 11.0. The van der Waals surface area contributed by atoms with Crippen molar-refractivity contribution in [1.29, 1.82) is 0 Å². The number of hydrogen-bond donors (Lipinski definition) is 1. The molecular weight excluding hydrogens is 441 g/mol. The largest absolute Gasteiger partial charge is 0.357 e. The fourth-order valence-corrected chi connectivity index (χ4v) is 4.53. The monoisotopic (exact) mass is 465 g/mol. The van der Waals surface area contributed by atoms with Crippen molar-refractivity contribution in [2.45, 2.75) is 38.8 Å². The zero-order chi connectivity index (χ0) is 22.7. The highest BCUT2D eigenvalue weighted by molar-refractivity contribution is 6.35. The van der Waals surface area contributed by atoms with Gasteiger partial charge in [0.15, 0.2) is 0 Å². The Labute approximate surface area is 191 Å². The van der Waals surface area contributed by atoms with Crippen LogP contribution in [0, 0.1) is 11.8 Å². The lowest BCUT2D eigenvalue weighted by Gasteiger charge is -2.29. The minimum atomic E-state index is -0.763. The number of amides is 4. The fraction of sp³-hybridized carbons (Fsp3) is 0.455. The van der Waals surface area contributed by atoms with E-state index < -0.39 is 6.04 Å². The number of benzene rings is 1. The van der Waals surface area contributed by atoms with Crippen molar-refractivity contribution in [1.82, 2.24) is 15.1 Å². The van der Waals surface area contributed by atoms with E-state index in [0.717, 1.165) is 0 Å². The number of fused-ring (bicyclic) bond motifs is 1. The van der Waals surface area contributed by atoms with Gasteiger partial charge < -0.3 is 10.2 Å². The van der Waals surface area contributed by atoms with Gasteiger partial charge in [-0.15, -0.1) is 0 Å². The van der Waals surface area contributed by atoms with Crippen LogP contribution in [0.25, 0.3) is 0 Å². The van der Waals surface area contributed by atoms with E-state index in [0.29, 0.717) is 28.5 Å². The number of nitrogens with zero attached hydrogens (tertiary/aromatic N) is 2. The molecule has 1 aliphatic carbocycles. The minimum absolute atomic E-state index is 0.00514. The van der Waals surface area contributed by atoms with Crippen LogP contribution in [0.2, 0.25) is 10.0 Å². The van der Waals surface area contributed by atoms with E-state index in [2.05, 4.69) is 5.32 Å². The van der Waals surface area contributed by atoms with Gasteiger partial charge in [0.1, 0.15) is 6.04 Å². The number of likely N-dealkylation sites (N-methyl/N-ethyl adjacent to an activating group) is 1. The van der Waals surface area contributed by atoms with Gasteiger partial charge in [0, 0.05) is 36.6 Å². The van der Waals surface area contributed by atoms with Gasteiger partial charge in [-0.2, -0.15) is 0 Å². The molecule has 0 spiro atoms. The van der Waals surface area contributed by atoms with Crippen LogP contribution in [0.15, 0.2) is 30.4 Å². The lowest BCUT2D eigenvalue weighted by molar-refractivity contribution is -0.143. The maximum absolute atomic E-state index is 13.1. The van der Waals surface area contributed by atoms with Crippen molar-refractivity contribution in [2.75, 3.05) is 13.6 Å². The fourth-order valence-electron chi connectivity index (χ4n) is 4.07. The zero-order valence-corrected chi connectivity index (χ0v) is 18.9. The third-order valence-electron chi connectivity index (χ3n) is 5.92. The van der Waals surface area contributed by atoms with Gasteiger partial charge in [-0.1, -0.05) is 41.4 Å². The average molecular weight is 466 g/mol. The molecular formula is C22H25Cl2N3O4. The lowest BCUT2D eigenvalue weighted by Crippen LogP contribution is -2.47. The van der Waals surface area contributed by atoms with E-state index in [-0.39, 0.29) is 55.0 Å². The number of carbonyl (C=O) groups excluding carboxylic acids is 4. The molecule has 0 aromatic heterocycles. The number of hydrogen-bond acceptors (Lipinski definition) is 4. The van der Waals surface area contributed by atoms with Crippen LogP contribution in [0.3, 0.4) is 0 Å². The number of likely N-dealkylation sites (tertiary alicyclic amines) is 1. The average Bonchev–Trinajstić information content (AvgIpc) is 3.00. The maximum atomic E-state index is 13.1. The molecule has 2 aliphatic rings. The summed E-state index contributed by atoms with van der Waals surface area (Å²) >= 11 is 12.2. The summed E-state index contributed by atoms with van der Waals surface area (Å²) in [5, 5.41) is 3.39. The Bertz CT molecular complexity index is 907. The van der Waals surface area contributed by atoms with Crippen LogP contribution in [-0.2, 0) is 25.7 Å². The zero-order valence-electron chi connectivity index (χ0n) is 17.4. The van der Waals surface area contributed by atoms with Crippen LogP contribution in [-0.4, -0.2) is 53.1 Å². The van der Waals surface area contributed by atoms with Crippen LogP contribution in [0.1, 0.15) is 31.7 Å². The molecule has 1 aliphatic heterocycles. The topological polar surface area (TPSA) is 86.8 Å². The summed E-state index contributed by atoms with van der Waals surface area (Å²) in [4.78, 5) is 53.2. The highest BCUT2D eigenvalue weighted by Gasteiger charge is 2.47. The molecule has 31 heavy (non-hydrogen) atoms.